The number of para-hydroxylation sites is 1. The van der Waals surface area contributed by atoms with Crippen molar-refractivity contribution in [2.45, 2.75) is 0 Å². The third kappa shape index (κ3) is 2.22. The average molecular weight is 350 g/mol. The summed E-state index contributed by atoms with van der Waals surface area (Å²) >= 11 is 3.17. The van der Waals surface area contributed by atoms with E-state index in [4.69, 9.17) is 10.4 Å². The summed E-state index contributed by atoms with van der Waals surface area (Å²) in [4.78, 5) is 11.8. The number of rotatable bonds is 3. The van der Waals surface area contributed by atoms with Crippen LogP contribution in [0, 0.1) is 11.3 Å². The molecule has 4 nitrogen and oxygen atoms in total. The standard InChI is InChI=1S/C18H10N2O2S2/c19-10-11(18(21)22)8-13-9-15-17(24-13)16-14(6-7-23-16)20(15)12-4-2-1-3-5-12/h1-9H,(H,21,22). The largest absolute Gasteiger partial charge is 0.477 e. The van der Waals surface area contributed by atoms with Gasteiger partial charge in [-0.1, -0.05) is 18.2 Å². The van der Waals surface area contributed by atoms with Crippen molar-refractivity contribution < 1.29 is 9.90 Å². The molecule has 1 N–H and O–H groups in total. The van der Waals surface area contributed by atoms with E-state index in [9.17, 15) is 4.79 Å². The molecule has 24 heavy (non-hydrogen) atoms. The number of hydrogen-bond donors (Lipinski definition) is 1. The second kappa shape index (κ2) is 5.64. The number of nitriles is 1. The number of benzene rings is 1. The summed E-state index contributed by atoms with van der Waals surface area (Å²) in [6.07, 6.45) is 1.43. The maximum atomic E-state index is 11.1. The van der Waals surface area contributed by atoms with Crippen LogP contribution in [0.1, 0.15) is 4.88 Å². The van der Waals surface area contributed by atoms with E-state index < -0.39 is 5.97 Å². The van der Waals surface area contributed by atoms with Crippen molar-refractivity contribution in [3.05, 3.63) is 58.3 Å². The van der Waals surface area contributed by atoms with E-state index in [-0.39, 0.29) is 5.57 Å². The van der Waals surface area contributed by atoms with Crippen molar-refractivity contribution >= 4 is 55.2 Å². The predicted octanol–water partition coefficient (Wildman–Crippen LogP) is 4.90. The van der Waals surface area contributed by atoms with Gasteiger partial charge in [0.25, 0.3) is 0 Å². The number of aromatic nitrogens is 1. The van der Waals surface area contributed by atoms with Gasteiger partial charge in [0.05, 0.1) is 20.4 Å². The molecule has 4 rings (SSSR count). The third-order valence-electron chi connectivity index (χ3n) is 3.72. The molecular weight excluding hydrogens is 340 g/mol. The highest BCUT2D eigenvalue weighted by Gasteiger charge is 2.16. The average Bonchev–Trinajstić information content (AvgIpc) is 3.25. The first-order chi connectivity index (χ1) is 11.7. The lowest BCUT2D eigenvalue weighted by atomic mass is 10.2. The van der Waals surface area contributed by atoms with E-state index in [1.165, 1.54) is 22.1 Å². The molecule has 0 saturated heterocycles. The fourth-order valence-electron chi connectivity index (χ4n) is 2.72. The molecule has 0 saturated carbocycles. The summed E-state index contributed by atoms with van der Waals surface area (Å²) in [6, 6.07) is 15.8. The molecule has 6 heteroatoms. The van der Waals surface area contributed by atoms with Gasteiger partial charge in [-0.15, -0.1) is 22.7 Å². The summed E-state index contributed by atoms with van der Waals surface area (Å²) in [7, 11) is 0. The van der Waals surface area contributed by atoms with Crippen molar-refractivity contribution in [1.82, 2.24) is 4.57 Å². The first kappa shape index (κ1) is 14.7. The lowest BCUT2D eigenvalue weighted by Gasteiger charge is -2.04. The normalized spacial score (nSPS) is 11.9. The maximum absolute atomic E-state index is 11.1. The first-order valence-electron chi connectivity index (χ1n) is 7.11. The van der Waals surface area contributed by atoms with Crippen LogP contribution in [0.2, 0.25) is 0 Å². The summed E-state index contributed by atoms with van der Waals surface area (Å²) in [5.41, 5.74) is 2.97. The van der Waals surface area contributed by atoms with E-state index in [0.29, 0.717) is 0 Å². The molecule has 0 spiro atoms. The summed E-state index contributed by atoms with van der Waals surface area (Å²) in [5, 5.41) is 20.1. The Labute approximate surface area is 145 Å². The van der Waals surface area contributed by atoms with Gasteiger partial charge in [0, 0.05) is 10.6 Å². The lowest BCUT2D eigenvalue weighted by molar-refractivity contribution is -0.132. The molecule has 0 bridgehead atoms. The predicted molar refractivity (Wildman–Crippen MR) is 97.8 cm³/mol. The van der Waals surface area contributed by atoms with Crippen LogP contribution in [0.15, 0.2) is 53.4 Å². The molecular formula is C18H10N2O2S2. The Kier molecular flexibility index (Phi) is 3.45. The first-order valence-corrected chi connectivity index (χ1v) is 8.80. The van der Waals surface area contributed by atoms with E-state index in [1.807, 2.05) is 36.4 Å². The van der Waals surface area contributed by atoms with Crippen molar-refractivity contribution in [2.24, 2.45) is 0 Å². The van der Waals surface area contributed by atoms with Crippen molar-refractivity contribution in [2.75, 3.05) is 0 Å². The van der Waals surface area contributed by atoms with Gasteiger partial charge in [-0.05, 0) is 35.7 Å². The van der Waals surface area contributed by atoms with Gasteiger partial charge in [0.2, 0.25) is 0 Å². The molecule has 0 aliphatic carbocycles. The number of hydrogen-bond acceptors (Lipinski definition) is 4. The van der Waals surface area contributed by atoms with Crippen molar-refractivity contribution in [3.8, 4) is 11.8 Å². The molecule has 0 unspecified atom stereocenters. The summed E-state index contributed by atoms with van der Waals surface area (Å²) in [6.45, 7) is 0. The van der Waals surface area contributed by atoms with Gasteiger partial charge < -0.3 is 9.67 Å². The Bertz CT molecular complexity index is 1140. The van der Waals surface area contributed by atoms with Gasteiger partial charge >= 0.3 is 5.97 Å². The molecule has 1 aromatic carbocycles. The van der Waals surface area contributed by atoms with Gasteiger partial charge in [-0.25, -0.2) is 4.79 Å². The SMILES string of the molecule is N#CC(=Cc1cc2c(s1)c1sccc1n2-c1ccccc1)C(=O)O. The highest BCUT2D eigenvalue weighted by Crippen LogP contribution is 2.40. The zero-order chi connectivity index (χ0) is 16.7. The van der Waals surface area contributed by atoms with Crippen LogP contribution in [0.3, 0.4) is 0 Å². The number of nitrogens with zero attached hydrogens (tertiary/aromatic N) is 2. The second-order valence-corrected chi connectivity index (χ2v) is 7.14. The smallest absolute Gasteiger partial charge is 0.346 e. The Morgan fingerprint density at radius 3 is 2.67 bits per heavy atom. The van der Waals surface area contributed by atoms with Crippen LogP contribution in [-0.2, 0) is 4.79 Å². The maximum Gasteiger partial charge on any atom is 0.346 e. The summed E-state index contributed by atoms with van der Waals surface area (Å²) < 4.78 is 4.45. The van der Waals surface area contributed by atoms with Crippen LogP contribution in [0.4, 0.5) is 0 Å². The monoisotopic (exact) mass is 350 g/mol. The van der Waals surface area contributed by atoms with Crippen molar-refractivity contribution in [3.63, 3.8) is 0 Å². The fraction of sp³-hybridized carbons (Fsp3) is 0. The van der Waals surface area contributed by atoms with Crippen LogP contribution < -0.4 is 0 Å². The molecule has 3 aromatic heterocycles. The Hall–Kier alpha value is -2.88. The quantitative estimate of drug-likeness (QED) is 0.422. The zero-order valence-electron chi connectivity index (χ0n) is 12.3. The van der Waals surface area contributed by atoms with Gasteiger partial charge in [-0.3, -0.25) is 0 Å². The van der Waals surface area contributed by atoms with E-state index in [1.54, 1.807) is 17.4 Å². The minimum atomic E-state index is -1.21. The van der Waals surface area contributed by atoms with Gasteiger partial charge in [0.15, 0.2) is 0 Å². The zero-order valence-corrected chi connectivity index (χ0v) is 13.9. The Morgan fingerprint density at radius 2 is 1.96 bits per heavy atom. The minimum Gasteiger partial charge on any atom is -0.477 e. The van der Waals surface area contributed by atoms with Crippen LogP contribution in [0.5, 0.6) is 0 Å². The van der Waals surface area contributed by atoms with Gasteiger partial charge in [0.1, 0.15) is 11.6 Å². The number of carbonyl (C=O) groups is 1. The highest BCUT2D eigenvalue weighted by molar-refractivity contribution is 7.27. The molecule has 0 atom stereocenters. The fourth-order valence-corrected chi connectivity index (χ4v) is 4.85. The number of carboxylic acids is 1. The molecule has 3 heterocycles. The van der Waals surface area contributed by atoms with Crippen molar-refractivity contribution in [1.29, 1.82) is 5.26 Å². The molecule has 0 amide bonds. The Morgan fingerprint density at radius 1 is 1.17 bits per heavy atom. The number of aliphatic carboxylic acids is 1. The second-order valence-electron chi connectivity index (χ2n) is 5.14. The number of thiophene rings is 2. The van der Waals surface area contributed by atoms with E-state index >= 15 is 0 Å². The van der Waals surface area contributed by atoms with Crippen LogP contribution in [0.25, 0.3) is 32.2 Å². The number of carboxylic acid groups (broad SMARTS) is 1. The highest BCUT2D eigenvalue weighted by atomic mass is 32.1. The third-order valence-corrected chi connectivity index (χ3v) is 5.85. The van der Waals surface area contributed by atoms with E-state index in [2.05, 4.69) is 16.0 Å². The molecule has 0 fully saturated rings. The van der Waals surface area contributed by atoms with Crippen LogP contribution >= 0.6 is 22.7 Å². The Balaban J connectivity index is 2.00. The topological polar surface area (TPSA) is 66.0 Å². The molecule has 0 radical (unpaired) electrons. The molecule has 116 valence electrons. The molecule has 0 aliphatic rings. The minimum absolute atomic E-state index is 0.257. The van der Waals surface area contributed by atoms with Crippen LogP contribution in [-0.4, -0.2) is 15.6 Å². The summed E-state index contributed by atoms with van der Waals surface area (Å²) in [5.74, 6) is -1.21. The number of fused-ring (bicyclic) bond motifs is 3. The van der Waals surface area contributed by atoms with Gasteiger partial charge in [-0.2, -0.15) is 5.26 Å². The molecule has 0 aliphatic heterocycles. The molecule has 4 aromatic rings. The van der Waals surface area contributed by atoms with E-state index in [0.717, 1.165) is 26.3 Å². The lowest BCUT2D eigenvalue weighted by Crippen LogP contribution is -1.96.